The number of carbonyl (C=O) groups is 1. The normalized spacial score (nSPS) is 20.7. The van der Waals surface area contributed by atoms with Gasteiger partial charge in [-0.15, -0.1) is 5.10 Å². The maximum absolute atomic E-state index is 14.0. The molecule has 2 atom stereocenters. The van der Waals surface area contributed by atoms with E-state index in [9.17, 15) is 14.4 Å². The minimum absolute atomic E-state index is 0.0661. The zero-order valence-electron chi connectivity index (χ0n) is 19.3. The summed E-state index contributed by atoms with van der Waals surface area (Å²) in [5.41, 5.74) is 2.38. The molecular formula is C24H25FN8O2. The minimum atomic E-state index is -0.507. The first-order valence-corrected chi connectivity index (χ1v) is 11.5. The third kappa shape index (κ3) is 4.76. The van der Waals surface area contributed by atoms with Gasteiger partial charge in [0.15, 0.2) is 5.82 Å². The summed E-state index contributed by atoms with van der Waals surface area (Å²) in [6.45, 7) is 4.95. The first-order valence-electron chi connectivity index (χ1n) is 11.5. The highest BCUT2D eigenvalue weighted by molar-refractivity contribution is 5.78. The minimum Gasteiger partial charge on any atom is -0.372 e. The van der Waals surface area contributed by atoms with Crippen LogP contribution >= 0.6 is 0 Å². The van der Waals surface area contributed by atoms with Gasteiger partial charge >= 0.3 is 0 Å². The molecule has 0 saturated carbocycles. The topological polar surface area (TPSA) is 113 Å². The number of benzene rings is 1. The molecule has 2 aliphatic rings. The molecule has 0 N–H and O–H groups in total. The van der Waals surface area contributed by atoms with Gasteiger partial charge in [0, 0.05) is 45.0 Å². The Morgan fingerprint density at radius 3 is 2.89 bits per heavy atom. The van der Waals surface area contributed by atoms with E-state index in [4.69, 9.17) is 4.74 Å². The fourth-order valence-electron chi connectivity index (χ4n) is 4.82. The van der Waals surface area contributed by atoms with Crippen LogP contribution < -0.4 is 0 Å². The van der Waals surface area contributed by atoms with E-state index in [0.717, 1.165) is 24.1 Å². The molecule has 2 unspecified atom stereocenters. The molecule has 2 aromatic heterocycles. The van der Waals surface area contributed by atoms with Gasteiger partial charge in [-0.25, -0.2) is 9.37 Å². The Kier molecular flexibility index (Phi) is 6.48. The van der Waals surface area contributed by atoms with Crippen molar-refractivity contribution in [2.75, 3.05) is 32.8 Å². The fraction of sp³-hybridized carbons (Fsp3) is 0.417. The number of nitrogens with zero attached hydrogens (tertiary/aromatic N) is 8. The van der Waals surface area contributed by atoms with Crippen molar-refractivity contribution in [2.45, 2.75) is 31.9 Å². The third-order valence-electron chi connectivity index (χ3n) is 6.79. The van der Waals surface area contributed by atoms with Gasteiger partial charge in [0.05, 0.1) is 18.1 Å². The molecule has 1 amide bonds. The van der Waals surface area contributed by atoms with E-state index >= 15 is 0 Å². The van der Waals surface area contributed by atoms with Crippen molar-refractivity contribution < 1.29 is 13.9 Å². The van der Waals surface area contributed by atoms with Gasteiger partial charge in [-0.2, -0.15) is 9.94 Å². The number of ether oxygens (including phenoxy) is 1. The molecule has 2 fully saturated rings. The van der Waals surface area contributed by atoms with E-state index in [-0.39, 0.29) is 30.0 Å². The van der Waals surface area contributed by atoms with E-state index in [1.54, 1.807) is 25.3 Å². The molecule has 11 heteroatoms. The SMILES string of the molecule is Cc1c(C2CN3CCN(C(=O)Cc4ccc(-n5cnnn5)nc4)CC3CCO2)ccc(F)c1C#N. The molecule has 0 bridgehead atoms. The van der Waals surface area contributed by atoms with Crippen LogP contribution in [-0.4, -0.2) is 79.7 Å². The van der Waals surface area contributed by atoms with Crippen LogP contribution in [0.2, 0.25) is 0 Å². The van der Waals surface area contributed by atoms with E-state index < -0.39 is 5.82 Å². The summed E-state index contributed by atoms with van der Waals surface area (Å²) < 4.78 is 21.6. The summed E-state index contributed by atoms with van der Waals surface area (Å²) in [4.78, 5) is 21.6. The maximum atomic E-state index is 14.0. The number of amides is 1. The Labute approximate surface area is 201 Å². The zero-order valence-corrected chi connectivity index (χ0v) is 19.3. The van der Waals surface area contributed by atoms with Gasteiger partial charge < -0.3 is 9.64 Å². The highest BCUT2D eigenvalue weighted by Gasteiger charge is 2.34. The molecule has 2 aliphatic heterocycles. The summed E-state index contributed by atoms with van der Waals surface area (Å²) >= 11 is 0. The van der Waals surface area contributed by atoms with Crippen LogP contribution in [0.1, 0.15) is 34.8 Å². The number of nitriles is 1. The van der Waals surface area contributed by atoms with Gasteiger partial charge in [-0.1, -0.05) is 12.1 Å². The highest BCUT2D eigenvalue weighted by Crippen LogP contribution is 2.30. The van der Waals surface area contributed by atoms with Crippen LogP contribution in [-0.2, 0) is 16.0 Å². The lowest BCUT2D eigenvalue weighted by Crippen LogP contribution is -2.55. The Hall–Kier alpha value is -3.75. The van der Waals surface area contributed by atoms with E-state index in [2.05, 4.69) is 25.4 Å². The van der Waals surface area contributed by atoms with Crippen LogP contribution in [0, 0.1) is 24.1 Å². The number of hydrogen-bond acceptors (Lipinski definition) is 8. The molecule has 0 radical (unpaired) electrons. The van der Waals surface area contributed by atoms with Crippen molar-refractivity contribution in [3.8, 4) is 11.9 Å². The third-order valence-corrected chi connectivity index (χ3v) is 6.79. The Morgan fingerprint density at radius 1 is 1.26 bits per heavy atom. The summed E-state index contributed by atoms with van der Waals surface area (Å²) in [6.07, 6.45) is 3.98. The zero-order chi connectivity index (χ0) is 24.4. The number of aromatic nitrogens is 5. The maximum Gasteiger partial charge on any atom is 0.227 e. The number of rotatable bonds is 4. The lowest BCUT2D eigenvalue weighted by molar-refractivity contribution is -0.133. The average molecular weight is 477 g/mol. The van der Waals surface area contributed by atoms with Gasteiger partial charge in [-0.05, 0) is 52.6 Å². The predicted molar refractivity (Wildman–Crippen MR) is 122 cm³/mol. The van der Waals surface area contributed by atoms with Crippen LogP contribution in [0.3, 0.4) is 0 Å². The smallest absolute Gasteiger partial charge is 0.227 e. The lowest BCUT2D eigenvalue weighted by atomic mass is 9.97. The first kappa shape index (κ1) is 23.0. The fourth-order valence-corrected chi connectivity index (χ4v) is 4.82. The summed E-state index contributed by atoms with van der Waals surface area (Å²) in [7, 11) is 0. The van der Waals surface area contributed by atoms with Gasteiger partial charge in [-0.3, -0.25) is 9.69 Å². The van der Waals surface area contributed by atoms with Crippen LogP contribution in [0.5, 0.6) is 0 Å². The lowest BCUT2D eigenvalue weighted by Gasteiger charge is -2.41. The van der Waals surface area contributed by atoms with E-state index in [1.165, 1.54) is 17.1 Å². The van der Waals surface area contributed by atoms with Crippen LogP contribution in [0.25, 0.3) is 5.82 Å². The number of hydrogen-bond donors (Lipinski definition) is 0. The van der Waals surface area contributed by atoms with Gasteiger partial charge in [0.25, 0.3) is 0 Å². The Bertz CT molecular complexity index is 1240. The summed E-state index contributed by atoms with van der Waals surface area (Å²) in [6, 6.07) is 8.86. The second kappa shape index (κ2) is 9.85. The Morgan fingerprint density at radius 2 is 2.14 bits per heavy atom. The number of pyridine rings is 1. The number of carbonyl (C=O) groups excluding carboxylic acids is 1. The molecule has 180 valence electrons. The Balaban J connectivity index is 1.22. The van der Waals surface area contributed by atoms with Crippen molar-refractivity contribution >= 4 is 5.91 Å². The largest absolute Gasteiger partial charge is 0.372 e. The molecule has 10 nitrogen and oxygen atoms in total. The molecule has 2 saturated heterocycles. The van der Waals surface area contributed by atoms with Gasteiger partial charge in [0.1, 0.15) is 18.2 Å². The molecule has 1 aromatic carbocycles. The number of halogens is 1. The molecular weight excluding hydrogens is 451 g/mol. The highest BCUT2D eigenvalue weighted by atomic mass is 19.1. The standard InChI is InChI=1S/C24H25FN8O2/c1-16-19(3-4-21(25)20(16)11-26)22-14-31-7-8-32(13-18(31)6-9-35-22)24(34)10-17-2-5-23(27-12-17)33-15-28-29-30-33/h2-5,12,15,18,22H,6-10,13-14H2,1H3. The second-order valence-electron chi connectivity index (χ2n) is 8.84. The van der Waals surface area contributed by atoms with Crippen LogP contribution in [0.4, 0.5) is 4.39 Å². The molecule has 4 heterocycles. The second-order valence-corrected chi connectivity index (χ2v) is 8.84. The molecule has 5 rings (SSSR count). The monoisotopic (exact) mass is 476 g/mol. The molecule has 0 spiro atoms. The van der Waals surface area contributed by atoms with Crippen molar-refractivity contribution in [3.63, 3.8) is 0 Å². The summed E-state index contributed by atoms with van der Waals surface area (Å²) in [5, 5.41) is 20.3. The molecule has 3 aromatic rings. The molecule has 0 aliphatic carbocycles. The van der Waals surface area contributed by atoms with E-state index in [1.807, 2.05) is 17.0 Å². The summed E-state index contributed by atoms with van der Waals surface area (Å²) in [5.74, 6) is 0.148. The predicted octanol–water partition coefficient (Wildman–Crippen LogP) is 1.59. The number of piperazine rings is 1. The average Bonchev–Trinajstić information content (AvgIpc) is 3.32. The molecule has 35 heavy (non-hydrogen) atoms. The van der Waals surface area contributed by atoms with Crippen LogP contribution in [0.15, 0.2) is 36.8 Å². The van der Waals surface area contributed by atoms with E-state index in [0.29, 0.717) is 37.6 Å². The number of fused-ring (bicyclic) bond motifs is 1. The van der Waals surface area contributed by atoms with Gasteiger partial charge in [0.2, 0.25) is 5.91 Å². The number of tetrazole rings is 1. The van der Waals surface area contributed by atoms with Crippen molar-refractivity contribution in [1.29, 1.82) is 5.26 Å². The van der Waals surface area contributed by atoms with Crippen molar-refractivity contribution in [3.05, 3.63) is 64.9 Å². The van der Waals surface area contributed by atoms with Crippen molar-refractivity contribution in [2.24, 2.45) is 0 Å². The van der Waals surface area contributed by atoms with Crippen molar-refractivity contribution in [1.82, 2.24) is 35.0 Å². The first-order chi connectivity index (χ1) is 17.0. The quantitative estimate of drug-likeness (QED) is 0.558.